The largest absolute Gasteiger partial charge is 0.381 e. The molecule has 19 heavy (non-hydrogen) atoms. The SMILES string of the molecule is CS(=O)(=O)C1(c2ccc(F)c(C=O)c2)CCOCC1. The molecule has 2 rings (SSSR count). The highest BCUT2D eigenvalue weighted by molar-refractivity contribution is 7.91. The summed E-state index contributed by atoms with van der Waals surface area (Å²) in [4.78, 5) is 10.8. The average Bonchev–Trinajstić information content (AvgIpc) is 2.39. The lowest BCUT2D eigenvalue weighted by Gasteiger charge is -2.36. The van der Waals surface area contributed by atoms with Crippen molar-refractivity contribution in [2.75, 3.05) is 19.5 Å². The van der Waals surface area contributed by atoms with Crippen molar-refractivity contribution >= 4 is 16.1 Å². The summed E-state index contributed by atoms with van der Waals surface area (Å²) in [6.45, 7) is 0.668. The smallest absolute Gasteiger partial charge is 0.157 e. The van der Waals surface area contributed by atoms with Crippen molar-refractivity contribution in [2.45, 2.75) is 17.6 Å². The maximum Gasteiger partial charge on any atom is 0.157 e. The van der Waals surface area contributed by atoms with Crippen LogP contribution in [0.5, 0.6) is 0 Å². The predicted octanol–water partition coefficient (Wildman–Crippen LogP) is 1.69. The summed E-state index contributed by atoms with van der Waals surface area (Å²) in [5, 5.41) is 0. The Morgan fingerprint density at radius 1 is 1.32 bits per heavy atom. The standard InChI is InChI=1S/C13H15FO4S/c1-19(16,17)13(4-6-18-7-5-13)11-2-3-12(14)10(8-11)9-15/h2-3,8-9H,4-7H2,1H3. The molecule has 0 radical (unpaired) electrons. The van der Waals surface area contributed by atoms with Crippen LogP contribution in [0.4, 0.5) is 4.39 Å². The van der Waals surface area contributed by atoms with E-state index in [9.17, 15) is 17.6 Å². The van der Waals surface area contributed by atoms with E-state index < -0.39 is 20.4 Å². The van der Waals surface area contributed by atoms with Gasteiger partial charge in [0.05, 0.1) is 5.56 Å². The van der Waals surface area contributed by atoms with E-state index in [0.29, 0.717) is 37.9 Å². The number of benzene rings is 1. The lowest BCUT2D eigenvalue weighted by Crippen LogP contribution is -2.40. The number of aldehydes is 1. The van der Waals surface area contributed by atoms with Crippen LogP contribution in [0.25, 0.3) is 0 Å². The number of sulfone groups is 1. The molecular weight excluding hydrogens is 271 g/mol. The maximum absolute atomic E-state index is 13.4. The van der Waals surface area contributed by atoms with Gasteiger partial charge >= 0.3 is 0 Å². The predicted molar refractivity (Wildman–Crippen MR) is 68.4 cm³/mol. The fourth-order valence-corrected chi connectivity index (χ4v) is 3.96. The number of carbonyl (C=O) groups is 1. The molecule has 0 aliphatic carbocycles. The van der Waals surface area contributed by atoms with E-state index in [1.165, 1.54) is 18.4 Å². The van der Waals surface area contributed by atoms with Crippen LogP contribution in [0.1, 0.15) is 28.8 Å². The Morgan fingerprint density at radius 3 is 2.47 bits per heavy atom. The fraction of sp³-hybridized carbons (Fsp3) is 0.462. The Labute approximate surface area is 111 Å². The minimum Gasteiger partial charge on any atom is -0.381 e. The van der Waals surface area contributed by atoms with Gasteiger partial charge in [0.1, 0.15) is 10.6 Å². The molecule has 1 saturated heterocycles. The molecule has 0 amide bonds. The number of halogens is 1. The van der Waals surface area contributed by atoms with Gasteiger partial charge in [0.2, 0.25) is 0 Å². The number of rotatable bonds is 3. The third-order valence-electron chi connectivity index (χ3n) is 3.66. The molecule has 1 aliphatic heterocycles. The Morgan fingerprint density at radius 2 is 1.95 bits per heavy atom. The molecule has 0 bridgehead atoms. The van der Waals surface area contributed by atoms with Gasteiger partial charge in [-0.1, -0.05) is 6.07 Å². The maximum atomic E-state index is 13.4. The molecule has 0 unspecified atom stereocenters. The second-order valence-electron chi connectivity index (χ2n) is 4.73. The van der Waals surface area contributed by atoms with Crippen molar-refractivity contribution in [1.82, 2.24) is 0 Å². The van der Waals surface area contributed by atoms with Crippen molar-refractivity contribution in [3.63, 3.8) is 0 Å². The summed E-state index contributed by atoms with van der Waals surface area (Å²) in [7, 11) is -3.40. The second-order valence-corrected chi connectivity index (χ2v) is 7.06. The van der Waals surface area contributed by atoms with Gasteiger partial charge < -0.3 is 4.74 Å². The minimum absolute atomic E-state index is 0.119. The Kier molecular flexibility index (Phi) is 3.73. The molecule has 6 heteroatoms. The molecule has 1 fully saturated rings. The average molecular weight is 286 g/mol. The van der Waals surface area contributed by atoms with Crippen LogP contribution >= 0.6 is 0 Å². The van der Waals surface area contributed by atoms with E-state index in [1.807, 2.05) is 0 Å². The Balaban J connectivity index is 2.59. The van der Waals surface area contributed by atoms with Crippen LogP contribution in [0.15, 0.2) is 18.2 Å². The highest BCUT2D eigenvalue weighted by Gasteiger charge is 2.44. The first-order valence-electron chi connectivity index (χ1n) is 5.93. The molecule has 1 heterocycles. The van der Waals surface area contributed by atoms with E-state index in [0.717, 1.165) is 6.07 Å². The molecule has 0 saturated carbocycles. The molecule has 0 aromatic heterocycles. The fourth-order valence-electron chi connectivity index (χ4n) is 2.49. The number of hydrogen-bond acceptors (Lipinski definition) is 4. The van der Waals surface area contributed by atoms with Crippen LogP contribution in [-0.2, 0) is 19.3 Å². The minimum atomic E-state index is -3.40. The van der Waals surface area contributed by atoms with Crippen LogP contribution in [0.2, 0.25) is 0 Å². The van der Waals surface area contributed by atoms with E-state index in [-0.39, 0.29) is 5.56 Å². The highest BCUT2D eigenvalue weighted by atomic mass is 32.2. The molecular formula is C13H15FO4S. The molecule has 4 nitrogen and oxygen atoms in total. The molecule has 1 aromatic rings. The van der Waals surface area contributed by atoms with Crippen molar-refractivity contribution in [2.24, 2.45) is 0 Å². The van der Waals surface area contributed by atoms with Crippen molar-refractivity contribution < 1.29 is 22.3 Å². The molecule has 0 atom stereocenters. The van der Waals surface area contributed by atoms with Gasteiger partial charge in [-0.05, 0) is 30.5 Å². The van der Waals surface area contributed by atoms with Gasteiger partial charge in [-0.15, -0.1) is 0 Å². The van der Waals surface area contributed by atoms with E-state index >= 15 is 0 Å². The van der Waals surface area contributed by atoms with E-state index in [1.54, 1.807) is 0 Å². The summed E-state index contributed by atoms with van der Waals surface area (Å²) in [6.07, 6.45) is 2.20. The number of hydrogen-bond donors (Lipinski definition) is 0. The zero-order chi connectivity index (χ0) is 14.1. The van der Waals surface area contributed by atoms with Crippen LogP contribution in [-0.4, -0.2) is 34.2 Å². The monoisotopic (exact) mass is 286 g/mol. The highest BCUT2D eigenvalue weighted by Crippen LogP contribution is 2.39. The van der Waals surface area contributed by atoms with Gasteiger partial charge in [0, 0.05) is 19.5 Å². The first-order chi connectivity index (χ1) is 8.90. The molecule has 0 N–H and O–H groups in total. The molecule has 1 aromatic carbocycles. The number of ether oxygens (including phenoxy) is 1. The Bertz CT molecular complexity index is 589. The lowest BCUT2D eigenvalue weighted by molar-refractivity contribution is 0.0742. The third-order valence-corrected chi connectivity index (χ3v) is 5.72. The third kappa shape index (κ3) is 2.42. The van der Waals surface area contributed by atoms with E-state index in [2.05, 4.69) is 0 Å². The molecule has 0 spiro atoms. The van der Waals surface area contributed by atoms with E-state index in [4.69, 9.17) is 4.74 Å². The lowest BCUT2D eigenvalue weighted by atomic mass is 9.89. The van der Waals surface area contributed by atoms with Crippen molar-refractivity contribution in [1.29, 1.82) is 0 Å². The summed E-state index contributed by atoms with van der Waals surface area (Å²) >= 11 is 0. The van der Waals surface area contributed by atoms with Crippen LogP contribution < -0.4 is 0 Å². The first-order valence-corrected chi connectivity index (χ1v) is 7.82. The quantitative estimate of drug-likeness (QED) is 0.793. The molecule has 104 valence electrons. The Hall–Kier alpha value is -1.27. The zero-order valence-electron chi connectivity index (χ0n) is 10.6. The van der Waals surface area contributed by atoms with Gasteiger partial charge in [-0.25, -0.2) is 12.8 Å². The van der Waals surface area contributed by atoms with Gasteiger partial charge in [-0.2, -0.15) is 0 Å². The summed E-state index contributed by atoms with van der Waals surface area (Å²) in [5.41, 5.74) is 0.341. The number of carbonyl (C=O) groups excluding carboxylic acids is 1. The van der Waals surface area contributed by atoms with Crippen LogP contribution in [0, 0.1) is 5.82 Å². The summed E-state index contributed by atoms with van der Waals surface area (Å²) in [5.74, 6) is -0.644. The van der Waals surface area contributed by atoms with Gasteiger partial charge in [-0.3, -0.25) is 4.79 Å². The second kappa shape index (κ2) is 5.02. The first kappa shape index (κ1) is 14.1. The molecule has 1 aliphatic rings. The van der Waals surface area contributed by atoms with Crippen molar-refractivity contribution in [3.05, 3.63) is 35.1 Å². The normalized spacial score (nSPS) is 19.1. The topological polar surface area (TPSA) is 60.4 Å². The van der Waals surface area contributed by atoms with Crippen molar-refractivity contribution in [3.8, 4) is 0 Å². The van der Waals surface area contributed by atoms with Gasteiger partial charge in [0.25, 0.3) is 0 Å². The van der Waals surface area contributed by atoms with Crippen LogP contribution in [0.3, 0.4) is 0 Å². The van der Waals surface area contributed by atoms with Gasteiger partial charge in [0.15, 0.2) is 16.1 Å². The summed E-state index contributed by atoms with van der Waals surface area (Å²) < 4.78 is 41.8. The summed E-state index contributed by atoms with van der Waals surface area (Å²) in [6, 6.07) is 3.91. The zero-order valence-corrected chi connectivity index (χ0v) is 11.4.